The fourth-order valence-electron chi connectivity index (χ4n) is 10.9. The fourth-order valence-corrected chi connectivity index (χ4v) is 10.9. The molecule has 12 nitrogen and oxygen atoms in total. The first-order chi connectivity index (χ1) is 39.3. The van der Waals surface area contributed by atoms with Crippen molar-refractivity contribution in [1.29, 1.82) is 0 Å². The van der Waals surface area contributed by atoms with Gasteiger partial charge in [0.05, 0.1) is 55.3 Å². The highest BCUT2D eigenvalue weighted by molar-refractivity contribution is 5.97. The van der Waals surface area contributed by atoms with Crippen LogP contribution in [0.3, 0.4) is 0 Å². The van der Waals surface area contributed by atoms with Crippen molar-refractivity contribution in [2.75, 3.05) is 0 Å². The molecule has 82 heavy (non-hydrogen) atoms. The minimum Gasteiger partial charge on any atom is -0.478 e. The molecule has 416 valence electrons. The van der Waals surface area contributed by atoms with Gasteiger partial charge in [-0.05, 0) is 132 Å². The van der Waals surface area contributed by atoms with Gasteiger partial charge in [-0.25, -0.2) is 29.5 Å². The smallest absolute Gasteiger partial charge is 0.336 e. The SMILES string of the molecule is CCC.CCCc1nc2c(C)cc(-c3nc4ccccc4n3C)cc2n1Cc1ccc(-c2ccccc2C(=O)O)cc1.CCCc1nc2c(C)cc(-c3nc4ccccc4n3C)cc2n1Cc1ccc(-c2ccccc2C(=O)O)cc1.F. The van der Waals surface area contributed by atoms with Crippen molar-refractivity contribution in [3.8, 4) is 45.0 Å². The number of aryl methyl sites for hydroxylation is 6. The number of fused-ring (bicyclic) bond motifs is 4. The Morgan fingerprint density at radius 3 is 1.15 bits per heavy atom. The molecule has 0 radical (unpaired) electrons. The first kappa shape index (κ1) is 57.2. The predicted molar refractivity (Wildman–Crippen MR) is 331 cm³/mol. The van der Waals surface area contributed by atoms with Gasteiger partial charge in [-0.1, -0.05) is 143 Å². The molecule has 0 atom stereocenters. The van der Waals surface area contributed by atoms with Crippen molar-refractivity contribution in [2.45, 2.75) is 86.7 Å². The molecule has 0 aliphatic rings. The van der Waals surface area contributed by atoms with E-state index >= 15 is 0 Å². The summed E-state index contributed by atoms with van der Waals surface area (Å²) in [6, 6.07) is 55.8. The Kier molecular flexibility index (Phi) is 17.4. The van der Waals surface area contributed by atoms with Gasteiger partial charge in [-0.3, -0.25) is 4.70 Å². The number of carboxylic acids is 2. The number of hydrogen-bond donors (Lipinski definition) is 2. The Balaban J connectivity index is 0.000000186. The van der Waals surface area contributed by atoms with Crippen molar-refractivity contribution in [3.05, 3.63) is 215 Å². The second-order valence-electron chi connectivity index (χ2n) is 20.8. The Bertz CT molecular complexity index is 3990. The van der Waals surface area contributed by atoms with Gasteiger partial charge in [0, 0.05) is 51.2 Å². The van der Waals surface area contributed by atoms with Crippen molar-refractivity contribution in [1.82, 2.24) is 38.2 Å². The predicted octanol–water partition coefficient (Wildman–Crippen LogP) is 16.1. The largest absolute Gasteiger partial charge is 0.478 e. The standard InChI is InChI=1S/2C33H30N4O2.C3H8.FH/c2*1-4-9-30-35-31-21(2)18-24(32-34-27-12-7-8-13-28(27)36(32)3)19-29(31)37(30)20-22-14-16-23(17-15-22)25-10-5-6-11-26(25)33(38)39;1-3-2;/h2*5-8,10-19H,4,9,20H2,1-3H3,(H,38,39);3H2,1-2H3;1H. The number of imidazole rings is 4. The number of halogens is 1. The summed E-state index contributed by atoms with van der Waals surface area (Å²) >= 11 is 0. The zero-order valence-electron chi connectivity index (χ0n) is 47.8. The molecule has 8 aromatic carbocycles. The monoisotopic (exact) mass is 1090 g/mol. The van der Waals surface area contributed by atoms with Crippen molar-refractivity contribution < 1.29 is 24.5 Å². The lowest BCUT2D eigenvalue weighted by molar-refractivity contribution is 0.0687. The normalized spacial score (nSPS) is 11.1. The molecule has 0 bridgehead atoms. The van der Waals surface area contributed by atoms with Crippen LogP contribution in [0.1, 0.15) is 102 Å². The molecule has 0 spiro atoms. The zero-order chi connectivity index (χ0) is 56.9. The summed E-state index contributed by atoms with van der Waals surface area (Å²) in [5.41, 5.74) is 18.9. The van der Waals surface area contributed by atoms with Crippen LogP contribution < -0.4 is 0 Å². The van der Waals surface area contributed by atoms with E-state index in [0.717, 1.165) is 149 Å². The van der Waals surface area contributed by atoms with Crippen LogP contribution in [0, 0.1) is 13.8 Å². The maximum absolute atomic E-state index is 11.7. The topological polar surface area (TPSA) is 146 Å². The summed E-state index contributed by atoms with van der Waals surface area (Å²) in [6.45, 7) is 14.2. The van der Waals surface area contributed by atoms with E-state index in [-0.39, 0.29) is 4.70 Å². The molecule has 0 unspecified atom stereocenters. The summed E-state index contributed by atoms with van der Waals surface area (Å²) in [4.78, 5) is 43.4. The molecule has 13 heteroatoms. The van der Waals surface area contributed by atoms with Crippen LogP contribution in [-0.4, -0.2) is 60.4 Å². The molecule has 0 amide bonds. The van der Waals surface area contributed by atoms with Crippen LogP contribution in [0.2, 0.25) is 0 Å². The fraction of sp³-hybridized carbons (Fsp3) is 0.217. The van der Waals surface area contributed by atoms with Gasteiger partial charge >= 0.3 is 11.9 Å². The van der Waals surface area contributed by atoms with E-state index in [4.69, 9.17) is 19.9 Å². The Hall–Kier alpha value is -9.49. The van der Waals surface area contributed by atoms with E-state index in [2.05, 4.69) is 135 Å². The van der Waals surface area contributed by atoms with Crippen LogP contribution in [0.4, 0.5) is 4.70 Å². The van der Waals surface area contributed by atoms with Crippen LogP contribution in [-0.2, 0) is 40.0 Å². The van der Waals surface area contributed by atoms with E-state index in [0.29, 0.717) is 24.2 Å². The lowest BCUT2D eigenvalue weighted by Gasteiger charge is -2.12. The van der Waals surface area contributed by atoms with E-state index < -0.39 is 11.9 Å². The second-order valence-corrected chi connectivity index (χ2v) is 20.8. The minimum atomic E-state index is -0.921. The third kappa shape index (κ3) is 11.4. The highest BCUT2D eigenvalue weighted by Gasteiger charge is 2.20. The highest BCUT2D eigenvalue weighted by atomic mass is 19.0. The molecule has 0 fully saturated rings. The van der Waals surface area contributed by atoms with Gasteiger partial charge in [0.15, 0.2) is 0 Å². The van der Waals surface area contributed by atoms with Crippen LogP contribution >= 0.6 is 0 Å². The summed E-state index contributed by atoms with van der Waals surface area (Å²) in [6.07, 6.45) is 5.04. The van der Waals surface area contributed by atoms with Crippen LogP contribution in [0.15, 0.2) is 170 Å². The van der Waals surface area contributed by atoms with E-state index in [9.17, 15) is 19.8 Å². The van der Waals surface area contributed by atoms with Crippen molar-refractivity contribution in [3.63, 3.8) is 0 Å². The number of nitrogens with zero attached hydrogens (tertiary/aromatic N) is 8. The van der Waals surface area contributed by atoms with Crippen molar-refractivity contribution in [2.24, 2.45) is 14.1 Å². The maximum Gasteiger partial charge on any atom is 0.336 e. The molecule has 0 aliphatic heterocycles. The molecular weight excluding hydrogens is 1020 g/mol. The Morgan fingerprint density at radius 2 is 0.793 bits per heavy atom. The average Bonchev–Trinajstić information content (AvgIpc) is 4.24. The molecule has 4 aromatic heterocycles. The van der Waals surface area contributed by atoms with Gasteiger partial charge in [-0.2, -0.15) is 0 Å². The lowest BCUT2D eigenvalue weighted by atomic mass is 9.98. The number of para-hydroxylation sites is 4. The number of aromatic nitrogens is 8. The quantitative estimate of drug-likeness (QED) is 0.109. The van der Waals surface area contributed by atoms with Gasteiger partial charge < -0.3 is 28.5 Å². The highest BCUT2D eigenvalue weighted by Crippen LogP contribution is 2.34. The molecule has 0 aliphatic carbocycles. The number of hydrogen-bond acceptors (Lipinski definition) is 6. The number of aromatic carboxylic acids is 2. The van der Waals surface area contributed by atoms with Crippen LogP contribution in [0.25, 0.3) is 89.2 Å². The van der Waals surface area contributed by atoms with E-state index in [1.54, 1.807) is 24.3 Å². The minimum absolute atomic E-state index is 0. The third-order valence-electron chi connectivity index (χ3n) is 14.8. The van der Waals surface area contributed by atoms with Gasteiger partial charge in [0.2, 0.25) is 0 Å². The summed E-state index contributed by atoms with van der Waals surface area (Å²) < 4.78 is 8.94. The molecule has 12 rings (SSSR count). The summed E-state index contributed by atoms with van der Waals surface area (Å²) in [5.74, 6) is 2.17. The van der Waals surface area contributed by atoms with E-state index in [1.807, 2.05) is 84.9 Å². The lowest BCUT2D eigenvalue weighted by Crippen LogP contribution is -2.05. The molecule has 0 saturated heterocycles. The number of benzene rings is 8. The van der Waals surface area contributed by atoms with E-state index in [1.165, 1.54) is 6.42 Å². The van der Waals surface area contributed by atoms with Gasteiger partial charge in [0.1, 0.15) is 23.3 Å². The summed E-state index contributed by atoms with van der Waals surface area (Å²) in [7, 11) is 4.13. The summed E-state index contributed by atoms with van der Waals surface area (Å²) in [5, 5.41) is 19.2. The Morgan fingerprint density at radius 1 is 0.439 bits per heavy atom. The van der Waals surface area contributed by atoms with Gasteiger partial charge in [-0.15, -0.1) is 0 Å². The first-order valence-electron chi connectivity index (χ1n) is 28.0. The first-order valence-corrected chi connectivity index (χ1v) is 28.0. The molecule has 12 aromatic rings. The second kappa shape index (κ2) is 24.9. The molecule has 2 N–H and O–H groups in total. The number of carboxylic acid groups (broad SMARTS) is 2. The zero-order valence-corrected chi connectivity index (χ0v) is 47.8. The Labute approximate surface area is 477 Å². The number of rotatable bonds is 14. The molecular formula is C69H69FN8O4. The molecule has 4 heterocycles. The molecule has 0 saturated carbocycles. The maximum atomic E-state index is 11.7. The average molecular weight is 1090 g/mol. The van der Waals surface area contributed by atoms with Crippen LogP contribution in [0.5, 0.6) is 0 Å². The number of carbonyl (C=O) groups is 2. The van der Waals surface area contributed by atoms with Crippen molar-refractivity contribution >= 4 is 56.1 Å². The third-order valence-corrected chi connectivity index (χ3v) is 14.8. The van der Waals surface area contributed by atoms with Gasteiger partial charge in [0.25, 0.3) is 0 Å².